The van der Waals surface area contributed by atoms with E-state index in [4.69, 9.17) is 4.74 Å². The summed E-state index contributed by atoms with van der Waals surface area (Å²) in [6, 6.07) is 14.5. The van der Waals surface area contributed by atoms with Gasteiger partial charge in [-0.2, -0.15) is 4.39 Å². The number of rotatable bonds is 4. The number of ether oxygens (including phenoxy) is 1. The molecule has 6 nitrogen and oxygen atoms in total. The van der Waals surface area contributed by atoms with Gasteiger partial charge < -0.3 is 14.5 Å². The zero-order chi connectivity index (χ0) is 24.6. The molecule has 2 aromatic heterocycles. The van der Waals surface area contributed by atoms with Gasteiger partial charge >= 0.3 is 0 Å². The van der Waals surface area contributed by atoms with Gasteiger partial charge in [0.15, 0.2) is 0 Å². The SMILES string of the molecule is COc1cc(N2CCN(C3CCN(c4ccc(F)c5ccc(F)nc45)CC3)CC2)c2ncccc2c1. The molecule has 2 aliphatic heterocycles. The van der Waals surface area contributed by atoms with Crippen molar-refractivity contribution in [2.24, 2.45) is 0 Å². The van der Waals surface area contributed by atoms with Crippen molar-refractivity contribution in [3.8, 4) is 5.75 Å². The molecule has 0 radical (unpaired) electrons. The second-order valence-corrected chi connectivity index (χ2v) is 9.56. The van der Waals surface area contributed by atoms with Crippen LogP contribution in [0, 0.1) is 11.8 Å². The Morgan fingerprint density at radius 3 is 2.39 bits per heavy atom. The molecule has 0 bridgehead atoms. The normalized spacial score (nSPS) is 17.8. The Morgan fingerprint density at radius 2 is 1.61 bits per heavy atom. The highest BCUT2D eigenvalue weighted by Crippen LogP contribution is 2.33. The summed E-state index contributed by atoms with van der Waals surface area (Å²) in [6.45, 7) is 5.53. The zero-order valence-electron chi connectivity index (χ0n) is 20.3. The van der Waals surface area contributed by atoms with Gasteiger partial charge in [-0.15, -0.1) is 0 Å². The Labute approximate surface area is 209 Å². The van der Waals surface area contributed by atoms with Crippen LogP contribution < -0.4 is 14.5 Å². The van der Waals surface area contributed by atoms with Crippen molar-refractivity contribution in [3.05, 3.63) is 66.5 Å². The van der Waals surface area contributed by atoms with Crippen molar-refractivity contribution in [1.82, 2.24) is 14.9 Å². The number of piperidine rings is 1. The van der Waals surface area contributed by atoms with Crippen molar-refractivity contribution in [2.45, 2.75) is 18.9 Å². The van der Waals surface area contributed by atoms with Gasteiger partial charge in [0.1, 0.15) is 11.6 Å². The fourth-order valence-electron chi connectivity index (χ4n) is 5.70. The van der Waals surface area contributed by atoms with Crippen LogP contribution in [0.2, 0.25) is 0 Å². The van der Waals surface area contributed by atoms with Crippen molar-refractivity contribution in [2.75, 3.05) is 56.2 Å². The molecule has 36 heavy (non-hydrogen) atoms. The third-order valence-corrected chi connectivity index (χ3v) is 7.62. The van der Waals surface area contributed by atoms with Crippen LogP contribution in [0.4, 0.5) is 20.2 Å². The van der Waals surface area contributed by atoms with Crippen molar-refractivity contribution < 1.29 is 13.5 Å². The maximum atomic E-state index is 14.3. The maximum absolute atomic E-state index is 14.3. The van der Waals surface area contributed by atoms with Gasteiger partial charge in [-0.05, 0) is 49.2 Å². The zero-order valence-corrected chi connectivity index (χ0v) is 20.3. The minimum atomic E-state index is -0.582. The lowest BCUT2D eigenvalue weighted by Crippen LogP contribution is -2.53. The number of piperazine rings is 1. The molecule has 8 heteroatoms. The first-order valence-corrected chi connectivity index (χ1v) is 12.5. The number of hydrogen-bond acceptors (Lipinski definition) is 6. The fourth-order valence-corrected chi connectivity index (χ4v) is 5.70. The van der Waals surface area contributed by atoms with E-state index in [0.717, 1.165) is 80.1 Å². The average molecular weight is 490 g/mol. The molecule has 0 unspecified atom stereocenters. The van der Waals surface area contributed by atoms with E-state index >= 15 is 0 Å². The van der Waals surface area contributed by atoms with Gasteiger partial charge in [0.25, 0.3) is 0 Å². The average Bonchev–Trinajstić information content (AvgIpc) is 2.93. The second kappa shape index (κ2) is 9.50. The number of halogens is 2. The van der Waals surface area contributed by atoms with E-state index in [9.17, 15) is 8.78 Å². The molecule has 0 amide bonds. The van der Waals surface area contributed by atoms with Crippen molar-refractivity contribution >= 4 is 33.2 Å². The number of aromatic nitrogens is 2. The molecule has 0 N–H and O–H groups in total. The first kappa shape index (κ1) is 22.9. The summed E-state index contributed by atoms with van der Waals surface area (Å²) >= 11 is 0. The van der Waals surface area contributed by atoms with Gasteiger partial charge in [0, 0.05) is 68.3 Å². The summed E-state index contributed by atoms with van der Waals surface area (Å²) in [5.41, 5.74) is 3.35. The Bertz CT molecular complexity index is 1400. The molecule has 6 rings (SSSR count). The van der Waals surface area contributed by atoms with E-state index < -0.39 is 5.95 Å². The summed E-state index contributed by atoms with van der Waals surface area (Å²) in [6.07, 6.45) is 3.87. The van der Waals surface area contributed by atoms with Gasteiger partial charge in [0.2, 0.25) is 5.95 Å². The molecule has 0 aliphatic carbocycles. The molecule has 2 aliphatic rings. The quantitative estimate of drug-likeness (QED) is 0.382. The Kier molecular flexibility index (Phi) is 6.05. The van der Waals surface area contributed by atoms with Crippen molar-refractivity contribution in [3.63, 3.8) is 0 Å². The third kappa shape index (κ3) is 4.19. The molecular weight excluding hydrogens is 460 g/mol. The minimum absolute atomic E-state index is 0.367. The molecule has 2 saturated heterocycles. The molecule has 4 aromatic rings. The molecule has 2 fully saturated rings. The maximum Gasteiger partial charge on any atom is 0.213 e. The summed E-state index contributed by atoms with van der Waals surface area (Å²) in [5.74, 6) is -0.0999. The molecule has 0 atom stereocenters. The van der Waals surface area contributed by atoms with E-state index in [0.29, 0.717) is 16.9 Å². The number of methoxy groups -OCH3 is 1. The number of anilines is 2. The number of benzene rings is 2. The molecule has 186 valence electrons. The lowest BCUT2D eigenvalue weighted by atomic mass is 10.0. The Hall–Kier alpha value is -3.52. The number of nitrogens with zero attached hydrogens (tertiary/aromatic N) is 5. The van der Waals surface area contributed by atoms with Crippen LogP contribution in [0.25, 0.3) is 21.8 Å². The number of pyridine rings is 2. The van der Waals surface area contributed by atoms with E-state index in [1.807, 2.05) is 18.3 Å². The summed E-state index contributed by atoms with van der Waals surface area (Å²) < 4.78 is 33.6. The molecule has 0 saturated carbocycles. The molecule has 2 aromatic carbocycles. The molecule has 4 heterocycles. The predicted molar refractivity (Wildman–Crippen MR) is 139 cm³/mol. The van der Waals surface area contributed by atoms with Gasteiger partial charge in [0.05, 0.1) is 29.5 Å². The highest BCUT2D eigenvalue weighted by atomic mass is 19.1. The Morgan fingerprint density at radius 1 is 0.833 bits per heavy atom. The minimum Gasteiger partial charge on any atom is -0.497 e. The third-order valence-electron chi connectivity index (χ3n) is 7.62. The van der Waals surface area contributed by atoms with E-state index in [2.05, 4.69) is 36.8 Å². The van der Waals surface area contributed by atoms with Gasteiger partial charge in [-0.25, -0.2) is 9.37 Å². The monoisotopic (exact) mass is 489 g/mol. The van der Waals surface area contributed by atoms with E-state index in [1.165, 1.54) is 18.2 Å². The largest absolute Gasteiger partial charge is 0.497 e. The number of fused-ring (bicyclic) bond motifs is 2. The lowest BCUT2D eigenvalue weighted by molar-refractivity contribution is 0.160. The van der Waals surface area contributed by atoms with Crippen LogP contribution in [-0.4, -0.2) is 67.3 Å². The highest BCUT2D eigenvalue weighted by molar-refractivity contribution is 5.92. The number of hydrogen-bond donors (Lipinski definition) is 0. The fraction of sp³-hybridized carbons (Fsp3) is 0.357. The predicted octanol–water partition coefficient (Wildman–Crippen LogP) is 4.86. The van der Waals surface area contributed by atoms with Crippen LogP contribution in [0.1, 0.15) is 12.8 Å². The second-order valence-electron chi connectivity index (χ2n) is 9.56. The standard InChI is InChI=1S/C28H29F2N5O/c1-36-21-17-19-3-2-10-31-27(19)25(18-21)35-15-13-33(14-16-35)20-8-11-34(12-9-20)24-6-5-23(29)22-4-7-26(30)32-28(22)24/h2-7,10,17-18,20H,8-9,11-16H2,1H3. The lowest BCUT2D eigenvalue weighted by Gasteiger charge is -2.44. The van der Waals surface area contributed by atoms with Crippen LogP contribution in [0.3, 0.4) is 0 Å². The first-order valence-electron chi connectivity index (χ1n) is 12.5. The highest BCUT2D eigenvalue weighted by Gasteiger charge is 2.29. The molecular formula is C28H29F2N5O. The van der Waals surface area contributed by atoms with E-state index in [1.54, 1.807) is 13.2 Å². The van der Waals surface area contributed by atoms with Crippen LogP contribution in [0.5, 0.6) is 5.75 Å². The van der Waals surface area contributed by atoms with Crippen molar-refractivity contribution in [1.29, 1.82) is 0 Å². The summed E-state index contributed by atoms with van der Waals surface area (Å²) in [4.78, 5) is 15.9. The summed E-state index contributed by atoms with van der Waals surface area (Å²) in [7, 11) is 1.70. The van der Waals surface area contributed by atoms with Gasteiger partial charge in [-0.3, -0.25) is 9.88 Å². The topological polar surface area (TPSA) is 44.7 Å². The summed E-state index contributed by atoms with van der Waals surface area (Å²) in [5, 5.41) is 1.45. The first-order chi connectivity index (χ1) is 17.6. The van der Waals surface area contributed by atoms with E-state index in [-0.39, 0.29) is 5.82 Å². The van der Waals surface area contributed by atoms with Crippen LogP contribution >= 0.6 is 0 Å². The van der Waals surface area contributed by atoms with Crippen LogP contribution in [-0.2, 0) is 0 Å². The van der Waals surface area contributed by atoms with Gasteiger partial charge in [-0.1, -0.05) is 6.07 Å². The van der Waals surface area contributed by atoms with Crippen LogP contribution in [0.15, 0.2) is 54.7 Å². The smallest absolute Gasteiger partial charge is 0.213 e. The molecule has 0 spiro atoms. The Balaban J connectivity index is 1.12.